The second-order valence-corrected chi connectivity index (χ2v) is 16.3. The van der Waals surface area contributed by atoms with Gasteiger partial charge in [0.2, 0.25) is 11.8 Å². The van der Waals surface area contributed by atoms with Gasteiger partial charge in [-0.2, -0.15) is 37.9 Å². The fourth-order valence-corrected chi connectivity index (χ4v) is 7.70. The van der Waals surface area contributed by atoms with Crippen molar-refractivity contribution >= 4 is 61.6 Å². The van der Waals surface area contributed by atoms with Crippen LogP contribution in [0.1, 0.15) is 64.4 Å². The van der Waals surface area contributed by atoms with Crippen molar-refractivity contribution in [1.29, 1.82) is 0 Å². The van der Waals surface area contributed by atoms with E-state index in [1.807, 2.05) is 44.2 Å². The Hall–Kier alpha value is -2.05. The van der Waals surface area contributed by atoms with E-state index in [2.05, 4.69) is 59.2 Å². The van der Waals surface area contributed by atoms with Crippen molar-refractivity contribution in [2.45, 2.75) is 129 Å². The van der Waals surface area contributed by atoms with Crippen LogP contribution < -0.4 is 38.5 Å². The minimum Gasteiger partial charge on any atom is -0.464 e. The summed E-state index contributed by atoms with van der Waals surface area (Å²) < 4.78 is 11.2. The van der Waals surface area contributed by atoms with Gasteiger partial charge in [0.25, 0.3) is 0 Å². The largest absolute Gasteiger partial charge is 0.464 e. The van der Waals surface area contributed by atoms with Crippen molar-refractivity contribution in [1.82, 2.24) is 21.3 Å². The first-order chi connectivity index (χ1) is 24.2. The van der Waals surface area contributed by atoms with Crippen molar-refractivity contribution in [2.75, 3.05) is 20.3 Å². The number of likely N-dealkylation sites (N-methyl/N-ethyl adjacent to an activating group) is 1. The van der Waals surface area contributed by atoms with Gasteiger partial charge in [-0.25, -0.2) is 0 Å². The zero-order chi connectivity index (χ0) is 37.7. The number of ether oxygens (including phenoxy) is 2. The minimum atomic E-state index is -0.924. The van der Waals surface area contributed by atoms with E-state index in [4.69, 9.17) is 26.7 Å². The van der Waals surface area contributed by atoms with E-state index in [1.54, 1.807) is 0 Å². The van der Waals surface area contributed by atoms with Gasteiger partial charge in [0.05, 0.1) is 25.3 Å². The summed E-state index contributed by atoms with van der Waals surface area (Å²) in [5, 5.41) is 12.5. The molecule has 2 amide bonds. The van der Waals surface area contributed by atoms with E-state index >= 15 is 0 Å². The molecular weight excluding hydrogens is 711 g/mol. The Morgan fingerprint density at radius 3 is 1.94 bits per heavy atom. The molecule has 2 fully saturated rings. The summed E-state index contributed by atoms with van der Waals surface area (Å²) in [6.45, 7) is 4.03. The predicted molar refractivity (Wildman–Crippen MR) is 209 cm³/mol. The summed E-state index contributed by atoms with van der Waals surface area (Å²) >= 11 is 13.9. The number of benzene rings is 1. The molecule has 3 rings (SSSR count). The van der Waals surface area contributed by atoms with Crippen molar-refractivity contribution in [3.63, 3.8) is 0 Å². The Balaban J connectivity index is 1.55. The smallest absolute Gasteiger partial charge is 0.323 e. The average Bonchev–Trinajstić information content (AvgIpc) is 3.43. The van der Waals surface area contributed by atoms with E-state index in [-0.39, 0.29) is 83.7 Å². The lowest BCUT2D eigenvalue weighted by atomic mass is 9.89. The molecule has 0 radical (unpaired) electrons. The van der Waals surface area contributed by atoms with Crippen LogP contribution in [0.5, 0.6) is 0 Å². The van der Waals surface area contributed by atoms with Gasteiger partial charge in [-0.15, -0.1) is 0 Å². The van der Waals surface area contributed by atoms with Crippen LogP contribution in [0.15, 0.2) is 30.3 Å². The van der Waals surface area contributed by atoms with Gasteiger partial charge in [-0.1, -0.05) is 44.2 Å². The highest BCUT2D eigenvalue weighted by Gasteiger charge is 2.38. The maximum atomic E-state index is 13.3. The fraction of sp³-hybridized carbons (Fsp3) is 0.714. The van der Waals surface area contributed by atoms with Crippen molar-refractivity contribution in [3.8, 4) is 0 Å². The molecule has 13 nitrogen and oxygen atoms in total. The summed E-state index contributed by atoms with van der Waals surface area (Å²) in [5.74, 6) is -1.38. The molecule has 16 heteroatoms. The molecule has 288 valence electrons. The third-order valence-corrected chi connectivity index (χ3v) is 11.3. The first-order valence-electron chi connectivity index (χ1n) is 17.9. The number of esters is 2. The number of carbonyl (C=O) groups is 4. The number of amides is 2. The second kappa shape index (κ2) is 21.6. The number of carbonyl (C=O) groups excluding carboxylic acids is 4. The molecule has 2 saturated carbocycles. The van der Waals surface area contributed by atoms with E-state index in [1.165, 1.54) is 7.05 Å². The molecule has 0 aromatic heterocycles. The topological polar surface area (TPSA) is 213 Å². The van der Waals surface area contributed by atoms with Crippen LogP contribution in [0.4, 0.5) is 0 Å². The van der Waals surface area contributed by atoms with Crippen LogP contribution in [0.3, 0.4) is 0 Å². The van der Waals surface area contributed by atoms with Crippen molar-refractivity contribution in [3.05, 3.63) is 35.9 Å². The SMILES string of the molecule is CNC(=O)[C@@H](N)CCOC(=O)[C@H](Cc1ccccc1)NC1CC(S)CC1NC(=O)[C@@H](N)CCOC(=O)[C@H](CC(C)C)NC1CC(S)C(S)CC1N. The molecule has 0 bridgehead atoms. The zero-order valence-electron chi connectivity index (χ0n) is 29.9. The average molecular weight is 770 g/mol. The summed E-state index contributed by atoms with van der Waals surface area (Å²) in [7, 11) is 1.49. The molecule has 0 spiro atoms. The molecule has 10 N–H and O–H groups in total. The zero-order valence-corrected chi connectivity index (χ0v) is 32.6. The van der Waals surface area contributed by atoms with Crippen molar-refractivity contribution < 1.29 is 28.7 Å². The lowest BCUT2D eigenvalue weighted by Gasteiger charge is -2.38. The first-order valence-corrected chi connectivity index (χ1v) is 19.5. The quantitative estimate of drug-likeness (QED) is 0.0691. The monoisotopic (exact) mass is 769 g/mol. The van der Waals surface area contributed by atoms with Gasteiger partial charge in [0, 0.05) is 59.8 Å². The Kier molecular flexibility index (Phi) is 18.4. The van der Waals surface area contributed by atoms with Crippen LogP contribution in [-0.2, 0) is 35.1 Å². The van der Waals surface area contributed by atoms with Gasteiger partial charge in [0.15, 0.2) is 0 Å². The molecule has 0 saturated heterocycles. The van der Waals surface area contributed by atoms with Gasteiger partial charge in [-0.05, 0) is 50.0 Å². The van der Waals surface area contributed by atoms with E-state index in [0.717, 1.165) is 5.56 Å². The molecular formula is C35H59N7O6S3. The van der Waals surface area contributed by atoms with Gasteiger partial charge in [-0.3, -0.25) is 24.5 Å². The highest BCUT2D eigenvalue weighted by atomic mass is 32.1. The van der Waals surface area contributed by atoms with Gasteiger partial charge < -0.3 is 42.6 Å². The maximum absolute atomic E-state index is 13.3. The molecule has 0 heterocycles. The van der Waals surface area contributed by atoms with Gasteiger partial charge >= 0.3 is 11.9 Å². The van der Waals surface area contributed by atoms with Crippen LogP contribution in [0.25, 0.3) is 0 Å². The summed E-state index contributed by atoms with van der Waals surface area (Å²) in [4.78, 5) is 51.5. The summed E-state index contributed by atoms with van der Waals surface area (Å²) in [5.41, 5.74) is 19.4. The van der Waals surface area contributed by atoms with Crippen molar-refractivity contribution in [2.24, 2.45) is 23.1 Å². The molecule has 7 unspecified atom stereocenters. The number of hydrogen-bond acceptors (Lipinski definition) is 14. The number of hydrogen-bond donors (Lipinski definition) is 10. The Morgan fingerprint density at radius 2 is 1.33 bits per heavy atom. The van der Waals surface area contributed by atoms with E-state index < -0.39 is 36.1 Å². The normalized spacial score (nSPS) is 27.2. The van der Waals surface area contributed by atoms with Crippen LogP contribution in [0.2, 0.25) is 0 Å². The number of thiol groups is 3. The van der Waals surface area contributed by atoms with E-state index in [9.17, 15) is 19.2 Å². The molecule has 2 aliphatic rings. The van der Waals surface area contributed by atoms with Crippen LogP contribution in [0, 0.1) is 5.92 Å². The molecule has 0 aliphatic heterocycles. The van der Waals surface area contributed by atoms with Gasteiger partial charge in [0.1, 0.15) is 12.1 Å². The number of nitrogens with two attached hydrogens (primary N) is 3. The van der Waals surface area contributed by atoms with Crippen LogP contribution in [-0.4, -0.2) is 108 Å². The second-order valence-electron chi connectivity index (χ2n) is 14.2. The van der Waals surface area contributed by atoms with E-state index in [0.29, 0.717) is 38.5 Å². The molecule has 2 aliphatic carbocycles. The third kappa shape index (κ3) is 14.4. The Labute approximate surface area is 319 Å². The molecule has 11 atom stereocenters. The highest BCUT2D eigenvalue weighted by Crippen LogP contribution is 2.28. The lowest BCUT2D eigenvalue weighted by molar-refractivity contribution is -0.148. The number of rotatable bonds is 19. The summed E-state index contributed by atoms with van der Waals surface area (Å²) in [6.07, 6.45) is 3.77. The molecule has 51 heavy (non-hydrogen) atoms. The summed E-state index contributed by atoms with van der Waals surface area (Å²) in [6, 6.07) is 5.64. The standard InChI is InChI=1S/C35H59N7O6S3/c1-19(2)13-28(40-25-18-31(51)30(50)17-24(25)38)34(45)47-12-10-23(37)33(44)42-27-16-21(49)15-26(27)41-29(14-20-7-5-4-6-8-20)35(46)48-11-9-22(36)32(43)39-3/h4-8,19,21-31,40-41,49-51H,9-18,36-38H2,1-3H3,(H,39,43)(H,42,44)/t21?,22-,23-,24?,25?,26?,27?,28-,29-,30?,31?/m0/s1. The fourth-order valence-electron chi connectivity index (χ4n) is 6.53. The Bertz CT molecular complexity index is 1270. The maximum Gasteiger partial charge on any atom is 0.323 e. The minimum absolute atomic E-state index is 0.0190. The number of nitrogens with one attached hydrogen (secondary N) is 4. The van der Waals surface area contributed by atoms with Crippen LogP contribution >= 0.6 is 37.9 Å². The third-order valence-electron chi connectivity index (χ3n) is 9.49. The highest BCUT2D eigenvalue weighted by molar-refractivity contribution is 7.85. The lowest BCUT2D eigenvalue weighted by Crippen LogP contribution is -2.57. The Morgan fingerprint density at radius 1 is 0.784 bits per heavy atom. The predicted octanol–water partition coefficient (Wildman–Crippen LogP) is 0.491. The molecule has 1 aromatic carbocycles. The molecule has 1 aromatic rings. The first kappa shape index (κ1) is 43.4.